The number of rotatable bonds is 1. The Labute approximate surface area is 134 Å². The van der Waals surface area contributed by atoms with Crippen molar-refractivity contribution in [1.82, 2.24) is 0 Å². The first-order valence-corrected chi connectivity index (χ1v) is 7.80. The Balaban J connectivity index is 1.98. The Hall–Kier alpha value is -2.62. The van der Waals surface area contributed by atoms with Crippen molar-refractivity contribution in [1.29, 1.82) is 0 Å². The molecule has 2 aromatic rings. The number of benzene rings is 2. The zero-order chi connectivity index (χ0) is 16.3. The lowest BCUT2D eigenvalue weighted by Gasteiger charge is -2.37. The van der Waals surface area contributed by atoms with E-state index in [1.807, 2.05) is 30.0 Å². The molecule has 2 atom stereocenters. The van der Waals surface area contributed by atoms with Gasteiger partial charge in [0, 0.05) is 0 Å². The lowest BCUT2D eigenvalue weighted by molar-refractivity contribution is 0.0692. The van der Waals surface area contributed by atoms with Crippen molar-refractivity contribution in [3.63, 3.8) is 0 Å². The molecule has 0 saturated heterocycles. The number of carbonyl (C=O) groups is 2. The van der Waals surface area contributed by atoms with Gasteiger partial charge in [-0.1, -0.05) is 37.3 Å². The predicted octanol–water partition coefficient (Wildman–Crippen LogP) is 3.90. The third-order valence-electron chi connectivity index (χ3n) is 5.05. The maximum atomic E-state index is 13.0. The summed E-state index contributed by atoms with van der Waals surface area (Å²) in [4.78, 5) is 26.4. The summed E-state index contributed by atoms with van der Waals surface area (Å²) in [6.45, 7) is 4.17. The molecule has 23 heavy (non-hydrogen) atoms. The fourth-order valence-electron chi connectivity index (χ4n) is 4.03. The summed E-state index contributed by atoms with van der Waals surface area (Å²) in [6.07, 6.45) is 0.818. The van der Waals surface area contributed by atoms with Crippen molar-refractivity contribution >= 4 is 17.6 Å². The number of aryl methyl sites for hydroxylation is 1. The molecular weight excluding hydrogens is 290 g/mol. The van der Waals surface area contributed by atoms with Crippen LogP contribution in [0.4, 0.5) is 5.69 Å². The number of aromatic carboxylic acids is 1. The van der Waals surface area contributed by atoms with Crippen LogP contribution in [-0.4, -0.2) is 17.0 Å². The summed E-state index contributed by atoms with van der Waals surface area (Å²) >= 11 is 0. The Kier molecular flexibility index (Phi) is 2.85. The van der Waals surface area contributed by atoms with Gasteiger partial charge in [0.15, 0.2) is 0 Å². The first-order chi connectivity index (χ1) is 11.0. The van der Waals surface area contributed by atoms with E-state index < -0.39 is 5.97 Å². The standard InChI is InChI=1S/C19H17NO3/c1-10-5-3-6-12-11(2)9-15-13-7-4-8-14(19(22)23)16(13)18(21)20(15)17(10)12/h3-8,11,15H,9H2,1-2H3,(H,22,23)/t11-,15-/m1/s1. The number of carboxylic acids is 1. The minimum atomic E-state index is -1.05. The molecule has 2 aromatic carbocycles. The second-order valence-corrected chi connectivity index (χ2v) is 6.42. The van der Waals surface area contributed by atoms with Crippen LogP contribution < -0.4 is 4.90 Å². The van der Waals surface area contributed by atoms with E-state index >= 15 is 0 Å². The van der Waals surface area contributed by atoms with Gasteiger partial charge < -0.3 is 10.0 Å². The molecule has 0 aliphatic carbocycles. The van der Waals surface area contributed by atoms with E-state index in [2.05, 4.69) is 13.0 Å². The first-order valence-electron chi connectivity index (χ1n) is 7.80. The van der Waals surface area contributed by atoms with Crippen LogP contribution in [0, 0.1) is 6.92 Å². The molecule has 116 valence electrons. The zero-order valence-corrected chi connectivity index (χ0v) is 13.0. The number of carbonyl (C=O) groups excluding carboxylic acids is 1. The molecule has 0 fully saturated rings. The molecule has 2 heterocycles. The molecule has 0 unspecified atom stereocenters. The molecule has 4 nitrogen and oxygen atoms in total. The number of hydrogen-bond donors (Lipinski definition) is 1. The second kappa shape index (κ2) is 4.69. The second-order valence-electron chi connectivity index (χ2n) is 6.42. The number of nitrogens with zero attached hydrogens (tertiary/aromatic N) is 1. The highest BCUT2D eigenvalue weighted by Gasteiger charge is 2.45. The highest BCUT2D eigenvalue weighted by atomic mass is 16.4. The number of hydrogen-bond acceptors (Lipinski definition) is 2. The topological polar surface area (TPSA) is 57.6 Å². The van der Waals surface area contributed by atoms with Gasteiger partial charge >= 0.3 is 5.97 Å². The van der Waals surface area contributed by atoms with E-state index in [9.17, 15) is 14.7 Å². The molecule has 4 rings (SSSR count). The van der Waals surface area contributed by atoms with Crippen LogP contribution in [0.5, 0.6) is 0 Å². The average molecular weight is 307 g/mol. The quantitative estimate of drug-likeness (QED) is 0.869. The van der Waals surface area contributed by atoms with Gasteiger partial charge in [0.1, 0.15) is 0 Å². The van der Waals surface area contributed by atoms with Crippen molar-refractivity contribution in [3.8, 4) is 0 Å². The molecule has 0 bridgehead atoms. The summed E-state index contributed by atoms with van der Waals surface area (Å²) in [5, 5.41) is 9.43. The lowest BCUT2D eigenvalue weighted by Crippen LogP contribution is -2.34. The monoisotopic (exact) mass is 307 g/mol. The molecular formula is C19H17NO3. The van der Waals surface area contributed by atoms with Gasteiger partial charge in [-0.05, 0) is 42.0 Å². The smallest absolute Gasteiger partial charge is 0.336 e. The minimum Gasteiger partial charge on any atom is -0.478 e. The fraction of sp³-hybridized carbons (Fsp3) is 0.263. The summed E-state index contributed by atoms with van der Waals surface area (Å²) < 4.78 is 0. The van der Waals surface area contributed by atoms with E-state index in [0.29, 0.717) is 11.5 Å². The zero-order valence-electron chi connectivity index (χ0n) is 13.0. The van der Waals surface area contributed by atoms with Crippen LogP contribution in [0.15, 0.2) is 36.4 Å². The van der Waals surface area contributed by atoms with Gasteiger partial charge in [-0.2, -0.15) is 0 Å². The summed E-state index contributed by atoms with van der Waals surface area (Å²) in [7, 11) is 0. The minimum absolute atomic E-state index is 0.0691. The van der Waals surface area contributed by atoms with E-state index in [4.69, 9.17) is 0 Å². The number of para-hydroxylation sites is 1. The van der Waals surface area contributed by atoms with E-state index in [-0.39, 0.29) is 17.5 Å². The van der Waals surface area contributed by atoms with E-state index in [1.165, 1.54) is 11.6 Å². The Morgan fingerprint density at radius 1 is 1.17 bits per heavy atom. The molecule has 2 aliphatic heterocycles. The molecule has 0 saturated carbocycles. The fourth-order valence-corrected chi connectivity index (χ4v) is 4.03. The first kappa shape index (κ1) is 14.0. The molecule has 0 radical (unpaired) electrons. The average Bonchev–Trinajstić information content (AvgIpc) is 2.81. The number of fused-ring (bicyclic) bond motifs is 5. The molecule has 2 aliphatic rings. The molecule has 1 amide bonds. The van der Waals surface area contributed by atoms with Gasteiger partial charge in [-0.25, -0.2) is 4.79 Å². The van der Waals surface area contributed by atoms with Crippen molar-refractivity contribution < 1.29 is 14.7 Å². The number of carboxylic acid groups (broad SMARTS) is 1. The van der Waals surface area contributed by atoms with Crippen LogP contribution >= 0.6 is 0 Å². The van der Waals surface area contributed by atoms with E-state index in [0.717, 1.165) is 23.2 Å². The lowest BCUT2D eigenvalue weighted by atomic mass is 9.84. The van der Waals surface area contributed by atoms with Crippen molar-refractivity contribution in [2.75, 3.05) is 4.90 Å². The maximum Gasteiger partial charge on any atom is 0.336 e. The number of anilines is 1. The number of amides is 1. The van der Waals surface area contributed by atoms with Crippen LogP contribution in [0.25, 0.3) is 0 Å². The van der Waals surface area contributed by atoms with E-state index in [1.54, 1.807) is 6.07 Å². The predicted molar refractivity (Wildman–Crippen MR) is 87.2 cm³/mol. The van der Waals surface area contributed by atoms with Crippen LogP contribution in [0.3, 0.4) is 0 Å². The third-order valence-corrected chi connectivity index (χ3v) is 5.05. The summed E-state index contributed by atoms with van der Waals surface area (Å²) in [6, 6.07) is 11.2. The molecule has 0 aromatic heterocycles. The van der Waals surface area contributed by atoms with Gasteiger partial charge in [-0.15, -0.1) is 0 Å². The molecule has 0 spiro atoms. The van der Waals surface area contributed by atoms with Crippen LogP contribution in [-0.2, 0) is 0 Å². The highest BCUT2D eigenvalue weighted by Crippen LogP contribution is 2.51. The van der Waals surface area contributed by atoms with Gasteiger partial charge in [-0.3, -0.25) is 4.79 Å². The third kappa shape index (κ3) is 1.78. The van der Waals surface area contributed by atoms with Crippen molar-refractivity contribution in [3.05, 3.63) is 64.2 Å². The highest BCUT2D eigenvalue weighted by molar-refractivity contribution is 6.17. The van der Waals surface area contributed by atoms with Crippen molar-refractivity contribution in [2.24, 2.45) is 0 Å². The van der Waals surface area contributed by atoms with Gasteiger partial charge in [0.2, 0.25) is 0 Å². The summed E-state index contributed by atoms with van der Waals surface area (Å²) in [5.41, 5.74) is 4.47. The largest absolute Gasteiger partial charge is 0.478 e. The van der Waals surface area contributed by atoms with Crippen molar-refractivity contribution in [2.45, 2.75) is 32.2 Å². The Morgan fingerprint density at radius 2 is 1.87 bits per heavy atom. The van der Waals surface area contributed by atoms with Gasteiger partial charge in [0.25, 0.3) is 5.91 Å². The maximum absolute atomic E-state index is 13.0. The molecule has 4 heteroatoms. The summed E-state index contributed by atoms with van der Waals surface area (Å²) in [5.74, 6) is -0.906. The van der Waals surface area contributed by atoms with Crippen LogP contribution in [0.2, 0.25) is 0 Å². The van der Waals surface area contributed by atoms with Gasteiger partial charge in [0.05, 0.1) is 22.9 Å². The Morgan fingerprint density at radius 3 is 2.61 bits per heavy atom. The normalized spacial score (nSPS) is 21.7. The molecule has 1 N–H and O–H groups in total. The van der Waals surface area contributed by atoms with Crippen LogP contribution in [0.1, 0.15) is 62.7 Å². The Bertz CT molecular complexity index is 856. The SMILES string of the molecule is Cc1cccc2c1N1C(=O)c3c(C(=O)O)cccc3[C@H]1C[C@H]2C.